The minimum Gasteiger partial charge on any atom is -0.481 e. The second-order valence-electron chi connectivity index (χ2n) is 7.64. The van der Waals surface area contributed by atoms with E-state index in [2.05, 4.69) is 16.0 Å². The van der Waals surface area contributed by atoms with Crippen LogP contribution in [0.4, 0.5) is 0 Å². The molecular weight excluding hydrogens is 428 g/mol. The molecule has 11 nitrogen and oxygen atoms in total. The Kier molecular flexibility index (Phi) is 13.5. The number of amides is 3. The molecule has 0 fully saturated rings. The van der Waals surface area contributed by atoms with Gasteiger partial charge in [-0.3, -0.25) is 19.2 Å². The predicted molar refractivity (Wildman–Crippen MR) is 116 cm³/mol. The molecular formula is C19H34N4O7S. The van der Waals surface area contributed by atoms with Crippen LogP contribution >= 0.6 is 11.8 Å². The lowest BCUT2D eigenvalue weighted by Crippen LogP contribution is -2.56. The van der Waals surface area contributed by atoms with Crippen LogP contribution in [0.25, 0.3) is 0 Å². The van der Waals surface area contributed by atoms with Crippen molar-refractivity contribution in [2.24, 2.45) is 11.7 Å². The van der Waals surface area contributed by atoms with Gasteiger partial charge in [0, 0.05) is 6.42 Å². The number of carboxylic acid groups (broad SMARTS) is 2. The Hall–Kier alpha value is -2.34. The van der Waals surface area contributed by atoms with Gasteiger partial charge in [0.1, 0.15) is 18.1 Å². The van der Waals surface area contributed by atoms with E-state index in [1.54, 1.807) is 0 Å². The Morgan fingerprint density at radius 3 is 1.94 bits per heavy atom. The quantitative estimate of drug-likeness (QED) is 0.187. The molecule has 31 heavy (non-hydrogen) atoms. The van der Waals surface area contributed by atoms with Crippen molar-refractivity contribution in [1.82, 2.24) is 16.0 Å². The third kappa shape index (κ3) is 12.2. The molecule has 4 atom stereocenters. The smallest absolute Gasteiger partial charge is 0.326 e. The number of carbonyl (C=O) groups excluding carboxylic acids is 3. The maximum Gasteiger partial charge on any atom is 0.326 e. The summed E-state index contributed by atoms with van der Waals surface area (Å²) in [6, 6.07) is -4.17. The number of carbonyl (C=O) groups is 5. The third-order valence-corrected chi connectivity index (χ3v) is 4.97. The van der Waals surface area contributed by atoms with Crippen molar-refractivity contribution in [1.29, 1.82) is 0 Å². The maximum atomic E-state index is 12.6. The molecule has 7 N–H and O–H groups in total. The molecule has 4 unspecified atom stereocenters. The van der Waals surface area contributed by atoms with E-state index in [1.807, 2.05) is 20.1 Å². The van der Waals surface area contributed by atoms with E-state index in [4.69, 9.17) is 10.8 Å². The van der Waals surface area contributed by atoms with Crippen molar-refractivity contribution in [2.75, 3.05) is 12.0 Å². The maximum absolute atomic E-state index is 12.6. The Labute approximate surface area is 186 Å². The molecule has 0 aromatic carbocycles. The summed E-state index contributed by atoms with van der Waals surface area (Å²) in [5, 5.41) is 25.3. The molecule has 0 bridgehead atoms. The van der Waals surface area contributed by atoms with Crippen LogP contribution in [-0.2, 0) is 24.0 Å². The van der Waals surface area contributed by atoms with Gasteiger partial charge in [0.2, 0.25) is 17.7 Å². The first-order valence-corrected chi connectivity index (χ1v) is 11.4. The molecule has 0 aliphatic heterocycles. The highest BCUT2D eigenvalue weighted by atomic mass is 32.2. The fourth-order valence-electron chi connectivity index (χ4n) is 2.56. The molecule has 3 amide bonds. The van der Waals surface area contributed by atoms with E-state index in [0.29, 0.717) is 5.75 Å². The minimum atomic E-state index is -1.17. The van der Waals surface area contributed by atoms with Crippen LogP contribution in [0.15, 0.2) is 0 Å². The highest BCUT2D eigenvalue weighted by molar-refractivity contribution is 7.98. The van der Waals surface area contributed by atoms with E-state index in [0.717, 1.165) is 0 Å². The molecule has 178 valence electrons. The number of aliphatic carboxylic acids is 2. The first kappa shape index (κ1) is 28.7. The van der Waals surface area contributed by atoms with Crippen molar-refractivity contribution in [3.05, 3.63) is 0 Å². The van der Waals surface area contributed by atoms with E-state index in [9.17, 15) is 29.1 Å². The lowest BCUT2D eigenvalue weighted by molar-refractivity contribution is -0.142. The number of nitrogens with one attached hydrogen (secondary N) is 3. The third-order valence-electron chi connectivity index (χ3n) is 4.32. The predicted octanol–water partition coefficient (Wildman–Crippen LogP) is -0.463. The number of rotatable bonds is 15. The fourth-order valence-corrected chi connectivity index (χ4v) is 3.03. The molecule has 0 saturated heterocycles. The summed E-state index contributed by atoms with van der Waals surface area (Å²) in [4.78, 5) is 59.1. The summed E-state index contributed by atoms with van der Waals surface area (Å²) in [5.74, 6) is -3.62. The molecule has 0 saturated carbocycles. The van der Waals surface area contributed by atoms with Crippen LogP contribution in [0, 0.1) is 5.92 Å². The molecule has 0 aliphatic carbocycles. The summed E-state index contributed by atoms with van der Waals surface area (Å²) >= 11 is 1.45. The largest absolute Gasteiger partial charge is 0.481 e. The molecule has 0 aromatic heterocycles. The van der Waals surface area contributed by atoms with Gasteiger partial charge < -0.3 is 31.9 Å². The van der Waals surface area contributed by atoms with Gasteiger partial charge in [0.05, 0.1) is 6.04 Å². The van der Waals surface area contributed by atoms with Gasteiger partial charge in [-0.1, -0.05) is 13.8 Å². The van der Waals surface area contributed by atoms with E-state index in [1.165, 1.54) is 18.7 Å². The second-order valence-corrected chi connectivity index (χ2v) is 8.63. The monoisotopic (exact) mass is 462 g/mol. The Bertz CT molecular complexity index is 645. The molecule has 0 radical (unpaired) electrons. The Morgan fingerprint density at radius 1 is 0.871 bits per heavy atom. The standard InChI is InChI=1S/C19H34N4O7S/c1-10(2)9-14(23-17(27)12(20)5-6-15(24)25)18(28)21-11(3)16(26)22-13(19(29)30)7-8-31-4/h10-14H,5-9,20H2,1-4H3,(H,21,28)(H,22,26)(H,23,27)(H,24,25)(H,29,30). The highest BCUT2D eigenvalue weighted by Gasteiger charge is 2.28. The number of hydrogen-bond donors (Lipinski definition) is 6. The summed E-state index contributed by atoms with van der Waals surface area (Å²) in [5.41, 5.74) is 5.69. The van der Waals surface area contributed by atoms with Gasteiger partial charge >= 0.3 is 11.9 Å². The van der Waals surface area contributed by atoms with Crippen molar-refractivity contribution in [3.8, 4) is 0 Å². The van der Waals surface area contributed by atoms with Gasteiger partial charge in [-0.25, -0.2) is 4.79 Å². The van der Waals surface area contributed by atoms with Gasteiger partial charge in [-0.2, -0.15) is 11.8 Å². The number of hydrogen-bond acceptors (Lipinski definition) is 7. The van der Waals surface area contributed by atoms with Crippen LogP contribution in [-0.4, -0.2) is 76.0 Å². The number of carboxylic acids is 2. The van der Waals surface area contributed by atoms with E-state index < -0.39 is 53.8 Å². The molecule has 12 heteroatoms. The van der Waals surface area contributed by atoms with Crippen LogP contribution in [0.1, 0.15) is 46.5 Å². The average molecular weight is 463 g/mol. The summed E-state index contributed by atoms with van der Waals surface area (Å²) < 4.78 is 0. The van der Waals surface area contributed by atoms with Crippen molar-refractivity contribution < 1.29 is 34.2 Å². The van der Waals surface area contributed by atoms with E-state index >= 15 is 0 Å². The summed E-state index contributed by atoms with van der Waals surface area (Å²) in [6.45, 7) is 5.10. The molecule has 0 aromatic rings. The molecule has 0 spiro atoms. The normalized spacial score (nSPS) is 14.8. The highest BCUT2D eigenvalue weighted by Crippen LogP contribution is 2.07. The lowest BCUT2D eigenvalue weighted by Gasteiger charge is -2.24. The van der Waals surface area contributed by atoms with E-state index in [-0.39, 0.29) is 31.6 Å². The summed E-state index contributed by atoms with van der Waals surface area (Å²) in [6.07, 6.45) is 1.96. The van der Waals surface area contributed by atoms with Gasteiger partial charge in [0.25, 0.3) is 0 Å². The molecule has 0 heterocycles. The SMILES string of the molecule is CSCCC(NC(=O)C(C)NC(=O)C(CC(C)C)NC(=O)C(N)CCC(=O)O)C(=O)O. The van der Waals surface area contributed by atoms with Gasteiger partial charge in [-0.15, -0.1) is 0 Å². The zero-order valence-electron chi connectivity index (χ0n) is 18.3. The molecule has 0 rings (SSSR count). The van der Waals surface area contributed by atoms with Crippen LogP contribution < -0.4 is 21.7 Å². The Balaban J connectivity index is 5.01. The first-order chi connectivity index (χ1) is 14.4. The van der Waals surface area contributed by atoms with Crippen molar-refractivity contribution in [3.63, 3.8) is 0 Å². The zero-order chi connectivity index (χ0) is 24.1. The first-order valence-electron chi connectivity index (χ1n) is 9.99. The number of nitrogens with two attached hydrogens (primary N) is 1. The molecule has 0 aliphatic rings. The van der Waals surface area contributed by atoms with Gasteiger partial charge in [-0.05, 0) is 44.1 Å². The van der Waals surface area contributed by atoms with Crippen LogP contribution in [0.2, 0.25) is 0 Å². The zero-order valence-corrected chi connectivity index (χ0v) is 19.2. The average Bonchev–Trinajstić information content (AvgIpc) is 2.67. The number of thioether (sulfide) groups is 1. The second kappa shape index (κ2) is 14.6. The van der Waals surface area contributed by atoms with Crippen LogP contribution in [0.5, 0.6) is 0 Å². The lowest BCUT2D eigenvalue weighted by atomic mass is 10.0. The van der Waals surface area contributed by atoms with Crippen LogP contribution in [0.3, 0.4) is 0 Å². The fraction of sp³-hybridized carbons (Fsp3) is 0.737. The Morgan fingerprint density at radius 2 is 1.45 bits per heavy atom. The van der Waals surface area contributed by atoms with Crippen molar-refractivity contribution >= 4 is 41.4 Å². The summed E-state index contributed by atoms with van der Waals surface area (Å²) in [7, 11) is 0. The van der Waals surface area contributed by atoms with Gasteiger partial charge in [0.15, 0.2) is 0 Å². The van der Waals surface area contributed by atoms with Crippen molar-refractivity contribution in [2.45, 2.75) is 70.6 Å². The minimum absolute atomic E-state index is 0.0263. The topological polar surface area (TPSA) is 188 Å².